The van der Waals surface area contributed by atoms with Crippen molar-refractivity contribution in [1.82, 2.24) is 25.2 Å². The number of hydrogen-bond acceptors (Lipinski definition) is 8. The second-order valence-corrected chi connectivity index (χ2v) is 8.20. The molecule has 1 saturated heterocycles. The lowest BCUT2D eigenvalue weighted by Crippen LogP contribution is -2.37. The smallest absolute Gasteiger partial charge is 0.243 e. The van der Waals surface area contributed by atoms with Gasteiger partial charge in [-0.2, -0.15) is 5.10 Å². The van der Waals surface area contributed by atoms with Crippen LogP contribution in [0.2, 0.25) is 0 Å². The number of carbonyl (C=O) groups excluding carboxylic acids is 1. The van der Waals surface area contributed by atoms with E-state index in [1.165, 1.54) is 0 Å². The average Bonchev–Trinajstić information content (AvgIpc) is 3.46. The number of nitrogens with zero attached hydrogens (tertiary/aromatic N) is 5. The van der Waals surface area contributed by atoms with Crippen LogP contribution in [-0.4, -0.2) is 57.2 Å². The van der Waals surface area contributed by atoms with Crippen LogP contribution < -0.4 is 10.4 Å². The summed E-state index contributed by atoms with van der Waals surface area (Å²) in [5, 5.41) is 16.1. The zero-order chi connectivity index (χ0) is 20.8. The molecule has 10 heteroatoms. The summed E-state index contributed by atoms with van der Waals surface area (Å²) in [6, 6.07) is 4.05. The Morgan fingerprint density at radius 3 is 2.80 bits per heavy atom. The fraction of sp³-hybridized carbons (Fsp3) is 0.500. The van der Waals surface area contributed by atoms with Crippen LogP contribution in [-0.2, 0) is 16.1 Å². The van der Waals surface area contributed by atoms with Crippen LogP contribution in [0, 0.1) is 0 Å². The van der Waals surface area contributed by atoms with Gasteiger partial charge in [0.15, 0.2) is 11.5 Å². The van der Waals surface area contributed by atoms with Crippen molar-refractivity contribution in [2.45, 2.75) is 38.6 Å². The molecule has 0 aliphatic carbocycles. The van der Waals surface area contributed by atoms with Gasteiger partial charge in [0, 0.05) is 26.1 Å². The fourth-order valence-electron chi connectivity index (χ4n) is 3.59. The number of nitrogens with one attached hydrogen (secondary N) is 1. The summed E-state index contributed by atoms with van der Waals surface area (Å²) in [4.78, 5) is 24.1. The summed E-state index contributed by atoms with van der Waals surface area (Å²) >= 11 is 1.63. The van der Waals surface area contributed by atoms with Gasteiger partial charge >= 0.3 is 0 Å². The fourth-order valence-corrected chi connectivity index (χ4v) is 4.25. The van der Waals surface area contributed by atoms with E-state index in [0.29, 0.717) is 19.6 Å². The molecule has 3 aromatic heterocycles. The third-order valence-electron chi connectivity index (χ3n) is 5.18. The molecule has 1 aliphatic heterocycles. The summed E-state index contributed by atoms with van der Waals surface area (Å²) in [6.07, 6.45) is 5.84. The van der Waals surface area contributed by atoms with E-state index in [0.717, 1.165) is 72.9 Å². The molecule has 4 rings (SSSR count). The molecule has 1 fully saturated rings. The van der Waals surface area contributed by atoms with Gasteiger partial charge in [-0.3, -0.25) is 10.0 Å². The number of ether oxygens (including phenoxy) is 1. The lowest BCUT2D eigenvalue weighted by Gasteiger charge is -2.28. The van der Waals surface area contributed by atoms with Gasteiger partial charge in [-0.1, -0.05) is 18.9 Å². The minimum Gasteiger partial charge on any atom is -0.378 e. The van der Waals surface area contributed by atoms with E-state index in [1.54, 1.807) is 16.8 Å². The second kappa shape index (κ2) is 9.96. The summed E-state index contributed by atoms with van der Waals surface area (Å²) in [5.41, 5.74) is 2.53. The van der Waals surface area contributed by atoms with E-state index in [9.17, 15) is 4.79 Å². The molecule has 0 saturated carbocycles. The first-order valence-corrected chi connectivity index (χ1v) is 11.2. The maximum atomic E-state index is 11.1. The van der Waals surface area contributed by atoms with Crippen molar-refractivity contribution in [3.8, 4) is 10.7 Å². The number of unbranched alkanes of at least 4 members (excludes halogenated alkanes) is 3. The van der Waals surface area contributed by atoms with Gasteiger partial charge in [-0.25, -0.2) is 20.1 Å². The number of morpholine rings is 1. The molecular formula is C20H26N6O3S. The highest BCUT2D eigenvalue weighted by atomic mass is 32.1. The standard InChI is InChI=1S/C20H26N6O3S/c27-17(24-28)7-3-1-2-4-8-26-20-15(14-21-26)19(25-9-11-29-12-10-25)22-18(23-20)16-6-5-13-30-16/h5-6,13-14,28H,1-4,7-12H2,(H,24,27). The lowest BCUT2D eigenvalue weighted by atomic mass is 10.1. The van der Waals surface area contributed by atoms with E-state index in [2.05, 4.69) is 10.00 Å². The van der Waals surface area contributed by atoms with Crippen molar-refractivity contribution in [2.24, 2.45) is 0 Å². The van der Waals surface area contributed by atoms with Crippen molar-refractivity contribution in [3.63, 3.8) is 0 Å². The minimum absolute atomic E-state index is 0.332. The first-order valence-electron chi connectivity index (χ1n) is 10.3. The molecule has 0 spiro atoms. The predicted octanol–water partition coefficient (Wildman–Crippen LogP) is 2.85. The quantitative estimate of drug-likeness (QED) is 0.305. The van der Waals surface area contributed by atoms with Crippen molar-refractivity contribution in [3.05, 3.63) is 23.7 Å². The largest absolute Gasteiger partial charge is 0.378 e. The van der Waals surface area contributed by atoms with Crippen LogP contribution >= 0.6 is 11.3 Å². The van der Waals surface area contributed by atoms with E-state index in [4.69, 9.17) is 19.9 Å². The molecule has 1 aliphatic rings. The van der Waals surface area contributed by atoms with Crippen molar-refractivity contribution >= 4 is 34.1 Å². The number of thiophene rings is 1. The van der Waals surface area contributed by atoms with Crippen LogP contribution in [0.1, 0.15) is 32.1 Å². The van der Waals surface area contributed by atoms with Crippen LogP contribution in [0.4, 0.5) is 5.82 Å². The van der Waals surface area contributed by atoms with Crippen LogP contribution in [0.25, 0.3) is 21.7 Å². The maximum absolute atomic E-state index is 11.1. The summed E-state index contributed by atoms with van der Waals surface area (Å²) in [7, 11) is 0. The topological polar surface area (TPSA) is 105 Å². The maximum Gasteiger partial charge on any atom is 0.243 e. The summed E-state index contributed by atoms with van der Waals surface area (Å²) in [5.74, 6) is 1.32. The Bertz CT molecular complexity index is 968. The Morgan fingerprint density at radius 1 is 1.20 bits per heavy atom. The van der Waals surface area contributed by atoms with Gasteiger partial charge in [0.1, 0.15) is 5.82 Å². The highest BCUT2D eigenvalue weighted by Crippen LogP contribution is 2.30. The number of carbonyl (C=O) groups is 1. The molecule has 0 bridgehead atoms. The van der Waals surface area contributed by atoms with Gasteiger partial charge in [-0.05, 0) is 24.3 Å². The SMILES string of the molecule is O=C(CCCCCCn1ncc2c(N3CCOCC3)nc(-c3cccs3)nc21)NO. The Hall–Kier alpha value is -2.56. The number of aromatic nitrogens is 4. The van der Waals surface area contributed by atoms with Gasteiger partial charge in [0.25, 0.3) is 0 Å². The number of rotatable bonds is 9. The van der Waals surface area contributed by atoms with Gasteiger partial charge < -0.3 is 9.64 Å². The molecule has 0 unspecified atom stereocenters. The molecule has 30 heavy (non-hydrogen) atoms. The van der Waals surface area contributed by atoms with Crippen LogP contribution in [0.3, 0.4) is 0 Å². The van der Waals surface area contributed by atoms with Crippen molar-refractivity contribution in [2.75, 3.05) is 31.2 Å². The van der Waals surface area contributed by atoms with Gasteiger partial charge in [0.05, 0.1) is 29.7 Å². The monoisotopic (exact) mass is 430 g/mol. The molecule has 4 heterocycles. The minimum atomic E-state index is -0.332. The molecule has 9 nitrogen and oxygen atoms in total. The molecule has 1 amide bonds. The van der Waals surface area contributed by atoms with E-state index in [-0.39, 0.29) is 5.91 Å². The third-order valence-corrected chi connectivity index (χ3v) is 6.04. The predicted molar refractivity (Wildman–Crippen MR) is 115 cm³/mol. The number of aryl methyl sites for hydroxylation is 1. The number of hydroxylamine groups is 1. The average molecular weight is 431 g/mol. The Kier molecular flexibility index (Phi) is 6.88. The normalized spacial score (nSPS) is 14.4. The lowest BCUT2D eigenvalue weighted by molar-refractivity contribution is -0.129. The van der Waals surface area contributed by atoms with E-state index in [1.807, 2.05) is 28.4 Å². The molecule has 0 atom stereocenters. The summed E-state index contributed by atoms with van der Waals surface area (Å²) in [6.45, 7) is 3.77. The Balaban J connectivity index is 1.51. The summed E-state index contributed by atoms with van der Waals surface area (Å²) < 4.78 is 7.46. The molecule has 160 valence electrons. The molecule has 0 radical (unpaired) electrons. The molecular weight excluding hydrogens is 404 g/mol. The molecule has 3 aromatic rings. The van der Waals surface area contributed by atoms with Gasteiger partial charge in [0.2, 0.25) is 5.91 Å². The highest BCUT2D eigenvalue weighted by molar-refractivity contribution is 7.13. The first-order chi connectivity index (χ1) is 14.8. The number of amides is 1. The Morgan fingerprint density at radius 2 is 2.03 bits per heavy atom. The highest BCUT2D eigenvalue weighted by Gasteiger charge is 2.20. The second-order valence-electron chi connectivity index (χ2n) is 7.25. The number of anilines is 1. The van der Waals surface area contributed by atoms with Crippen molar-refractivity contribution < 1.29 is 14.7 Å². The van der Waals surface area contributed by atoms with Gasteiger partial charge in [-0.15, -0.1) is 11.3 Å². The van der Waals surface area contributed by atoms with E-state index < -0.39 is 0 Å². The first kappa shape index (κ1) is 20.7. The van der Waals surface area contributed by atoms with Crippen LogP contribution in [0.5, 0.6) is 0 Å². The zero-order valence-corrected chi connectivity index (χ0v) is 17.6. The molecule has 2 N–H and O–H groups in total. The van der Waals surface area contributed by atoms with Crippen LogP contribution in [0.15, 0.2) is 23.7 Å². The molecule has 0 aromatic carbocycles. The van der Waals surface area contributed by atoms with E-state index >= 15 is 0 Å². The Labute approximate surface area is 178 Å². The number of hydrogen-bond donors (Lipinski definition) is 2. The van der Waals surface area contributed by atoms with Crippen molar-refractivity contribution in [1.29, 1.82) is 0 Å². The zero-order valence-electron chi connectivity index (χ0n) is 16.8. The third kappa shape index (κ3) is 4.77. The number of fused-ring (bicyclic) bond motifs is 1.